The maximum atomic E-state index is 5.46. The van der Waals surface area contributed by atoms with Gasteiger partial charge >= 0.3 is 0 Å². The van der Waals surface area contributed by atoms with Crippen LogP contribution in [0.3, 0.4) is 0 Å². The van der Waals surface area contributed by atoms with Gasteiger partial charge in [-0.25, -0.2) is 5.10 Å². The Morgan fingerprint density at radius 1 is 1.17 bits per heavy atom. The third kappa shape index (κ3) is 3.67. The molecule has 6 heteroatoms. The topological polar surface area (TPSA) is 55.2 Å². The van der Waals surface area contributed by atoms with Crippen LogP contribution < -0.4 is 4.74 Å². The number of aromatic amines is 1. The first-order valence-corrected chi connectivity index (χ1v) is 7.80. The maximum Gasteiger partial charge on any atom is 0.216 e. The number of ether oxygens (including phenoxy) is 1. The van der Waals surface area contributed by atoms with E-state index in [2.05, 4.69) is 21.9 Å². The minimum Gasteiger partial charge on any atom is -0.490 e. The Hall–Kier alpha value is -2.99. The van der Waals surface area contributed by atoms with Gasteiger partial charge in [0, 0.05) is 5.56 Å². The lowest BCUT2D eigenvalue weighted by molar-refractivity contribution is 0.363. The summed E-state index contributed by atoms with van der Waals surface area (Å²) in [5.41, 5.74) is 1.87. The summed E-state index contributed by atoms with van der Waals surface area (Å²) in [5, 5.41) is 11.5. The fraction of sp³-hybridized carbons (Fsp3) is 0.0556. The minimum absolute atomic E-state index is 0.441. The first kappa shape index (κ1) is 15.9. The molecule has 0 spiro atoms. The number of benzene rings is 2. The molecule has 1 heterocycles. The molecule has 0 bridgehead atoms. The third-order valence-corrected chi connectivity index (χ3v) is 3.52. The number of H-pyrrole nitrogens is 1. The molecule has 0 saturated carbocycles. The molecule has 3 aromatic rings. The van der Waals surface area contributed by atoms with E-state index < -0.39 is 0 Å². The summed E-state index contributed by atoms with van der Waals surface area (Å²) in [6.07, 6.45) is 3.44. The Kier molecular flexibility index (Phi) is 4.98. The highest BCUT2D eigenvalue weighted by Gasteiger charge is 2.06. The molecule has 1 aromatic heterocycles. The molecular formula is C18H16N4OS. The highest BCUT2D eigenvalue weighted by Crippen LogP contribution is 2.16. The quantitative estimate of drug-likeness (QED) is 0.420. The second-order valence-corrected chi connectivity index (χ2v) is 5.33. The first-order valence-electron chi connectivity index (χ1n) is 7.39. The molecule has 3 rings (SSSR count). The lowest BCUT2D eigenvalue weighted by Crippen LogP contribution is -1.95. The Bertz CT molecular complexity index is 895. The van der Waals surface area contributed by atoms with Crippen LogP contribution in [0.25, 0.3) is 11.4 Å². The Morgan fingerprint density at radius 2 is 1.92 bits per heavy atom. The SMILES string of the molecule is C=CCOc1ccc(/C=N\n2c(-c3ccccc3)n[nH]c2=S)cc1. The van der Waals surface area contributed by atoms with Crippen molar-refractivity contribution in [2.24, 2.45) is 5.10 Å². The van der Waals surface area contributed by atoms with Gasteiger partial charge in [0.25, 0.3) is 0 Å². The van der Waals surface area contributed by atoms with Crippen molar-refractivity contribution in [1.82, 2.24) is 14.9 Å². The lowest BCUT2D eigenvalue weighted by Gasteiger charge is -2.03. The van der Waals surface area contributed by atoms with Crippen molar-refractivity contribution >= 4 is 18.4 Å². The van der Waals surface area contributed by atoms with Crippen LogP contribution in [0.4, 0.5) is 0 Å². The van der Waals surface area contributed by atoms with Crippen LogP contribution in [0, 0.1) is 4.77 Å². The van der Waals surface area contributed by atoms with E-state index in [1.165, 1.54) is 0 Å². The minimum atomic E-state index is 0.441. The second-order valence-electron chi connectivity index (χ2n) is 4.94. The van der Waals surface area contributed by atoms with Crippen molar-refractivity contribution in [3.63, 3.8) is 0 Å². The van der Waals surface area contributed by atoms with Crippen LogP contribution in [0.5, 0.6) is 5.75 Å². The maximum absolute atomic E-state index is 5.46. The monoisotopic (exact) mass is 336 g/mol. The van der Waals surface area contributed by atoms with Crippen molar-refractivity contribution in [2.45, 2.75) is 0 Å². The molecule has 5 nitrogen and oxygen atoms in total. The number of rotatable bonds is 6. The molecular weight excluding hydrogens is 320 g/mol. The van der Waals surface area contributed by atoms with E-state index in [9.17, 15) is 0 Å². The molecule has 2 aromatic carbocycles. The number of aromatic nitrogens is 3. The zero-order chi connectivity index (χ0) is 16.8. The molecule has 0 atom stereocenters. The zero-order valence-electron chi connectivity index (χ0n) is 12.9. The van der Waals surface area contributed by atoms with E-state index in [4.69, 9.17) is 17.0 Å². The molecule has 24 heavy (non-hydrogen) atoms. The van der Waals surface area contributed by atoms with Gasteiger partial charge in [0.2, 0.25) is 4.77 Å². The molecule has 0 unspecified atom stereocenters. The van der Waals surface area contributed by atoms with Crippen molar-refractivity contribution in [3.05, 3.63) is 77.6 Å². The summed E-state index contributed by atoms with van der Waals surface area (Å²) in [4.78, 5) is 0. The van der Waals surface area contributed by atoms with Crippen molar-refractivity contribution in [1.29, 1.82) is 0 Å². The number of hydrogen-bond acceptors (Lipinski definition) is 4. The average molecular weight is 336 g/mol. The predicted octanol–water partition coefficient (Wildman–Crippen LogP) is 4.05. The van der Waals surface area contributed by atoms with Crippen molar-refractivity contribution in [2.75, 3.05) is 6.61 Å². The van der Waals surface area contributed by atoms with Crippen molar-refractivity contribution < 1.29 is 4.74 Å². The molecule has 0 fully saturated rings. The molecule has 0 radical (unpaired) electrons. The van der Waals surface area contributed by atoms with Gasteiger partial charge in [0.05, 0.1) is 6.21 Å². The van der Waals surface area contributed by atoms with Gasteiger partial charge in [-0.15, -0.1) is 0 Å². The van der Waals surface area contributed by atoms with Crippen LogP contribution in [-0.4, -0.2) is 27.7 Å². The summed E-state index contributed by atoms with van der Waals surface area (Å²) in [6, 6.07) is 17.4. The molecule has 0 aliphatic carbocycles. The molecule has 1 N–H and O–H groups in total. The molecule has 0 amide bonds. The van der Waals surface area contributed by atoms with Gasteiger partial charge in [-0.1, -0.05) is 43.0 Å². The summed E-state index contributed by atoms with van der Waals surface area (Å²) in [7, 11) is 0. The highest BCUT2D eigenvalue weighted by atomic mass is 32.1. The zero-order valence-corrected chi connectivity index (χ0v) is 13.7. The molecule has 0 aliphatic heterocycles. The van der Waals surface area contributed by atoms with Crippen LogP contribution in [0.2, 0.25) is 0 Å². The van der Waals surface area contributed by atoms with Gasteiger partial charge < -0.3 is 4.74 Å². The molecule has 0 aliphatic rings. The standard InChI is InChI=1S/C18H16N4OS/c1-2-12-23-16-10-8-14(9-11-16)13-19-22-17(20-21-18(22)24)15-6-4-3-5-7-15/h2-11,13H,1,12H2,(H,21,24)/b19-13-. The van der Waals surface area contributed by atoms with Crippen LogP contribution >= 0.6 is 12.2 Å². The van der Waals surface area contributed by atoms with Gasteiger partial charge in [-0.05, 0) is 42.0 Å². The van der Waals surface area contributed by atoms with E-state index in [0.717, 1.165) is 16.9 Å². The lowest BCUT2D eigenvalue weighted by atomic mass is 10.2. The second kappa shape index (κ2) is 7.52. The predicted molar refractivity (Wildman–Crippen MR) is 98.0 cm³/mol. The van der Waals surface area contributed by atoms with Gasteiger partial charge in [-0.3, -0.25) is 0 Å². The fourth-order valence-corrected chi connectivity index (χ4v) is 2.28. The normalized spacial score (nSPS) is 10.8. The third-order valence-electron chi connectivity index (χ3n) is 3.25. The summed E-state index contributed by atoms with van der Waals surface area (Å²) in [5.74, 6) is 1.46. The summed E-state index contributed by atoms with van der Waals surface area (Å²) in [6.45, 7) is 4.11. The van der Waals surface area contributed by atoms with Gasteiger partial charge in [-0.2, -0.15) is 14.9 Å². The van der Waals surface area contributed by atoms with Gasteiger partial charge in [0.1, 0.15) is 12.4 Å². The van der Waals surface area contributed by atoms with Crippen LogP contribution in [0.1, 0.15) is 5.56 Å². The van der Waals surface area contributed by atoms with E-state index in [1.54, 1.807) is 17.0 Å². The average Bonchev–Trinajstić information content (AvgIpc) is 3.00. The van der Waals surface area contributed by atoms with Crippen LogP contribution in [0.15, 0.2) is 72.4 Å². The Balaban J connectivity index is 1.83. The fourth-order valence-electron chi connectivity index (χ4n) is 2.10. The van der Waals surface area contributed by atoms with E-state index >= 15 is 0 Å². The van der Waals surface area contributed by atoms with Crippen molar-refractivity contribution in [3.8, 4) is 17.1 Å². The first-order chi connectivity index (χ1) is 11.8. The molecule has 120 valence electrons. The largest absolute Gasteiger partial charge is 0.490 e. The number of hydrogen-bond donors (Lipinski definition) is 1. The Morgan fingerprint density at radius 3 is 2.62 bits per heavy atom. The van der Waals surface area contributed by atoms with E-state index in [0.29, 0.717) is 17.2 Å². The van der Waals surface area contributed by atoms with E-state index in [1.807, 2.05) is 54.6 Å². The van der Waals surface area contributed by atoms with Gasteiger partial charge in [0.15, 0.2) is 5.82 Å². The summed E-state index contributed by atoms with van der Waals surface area (Å²) < 4.78 is 7.50. The van der Waals surface area contributed by atoms with Crippen LogP contribution in [-0.2, 0) is 0 Å². The Labute approximate surface area is 144 Å². The highest BCUT2D eigenvalue weighted by molar-refractivity contribution is 7.71. The molecule has 0 saturated heterocycles. The smallest absolute Gasteiger partial charge is 0.216 e. The number of nitrogens with zero attached hydrogens (tertiary/aromatic N) is 3. The van der Waals surface area contributed by atoms with E-state index in [-0.39, 0.29) is 0 Å². The number of nitrogens with one attached hydrogen (secondary N) is 1. The summed E-state index contributed by atoms with van der Waals surface area (Å²) >= 11 is 5.26.